The average molecular weight is 515 g/mol. The summed E-state index contributed by atoms with van der Waals surface area (Å²) in [4.78, 5) is 19.0. The summed E-state index contributed by atoms with van der Waals surface area (Å²) in [5, 5.41) is 4.00. The van der Waals surface area contributed by atoms with Crippen molar-refractivity contribution in [3.63, 3.8) is 0 Å². The monoisotopic (exact) mass is 514 g/mol. The molecule has 11 heteroatoms. The van der Waals surface area contributed by atoms with Crippen LogP contribution in [0.5, 0.6) is 5.75 Å². The van der Waals surface area contributed by atoms with Gasteiger partial charge in [0, 0.05) is 25.7 Å². The fourth-order valence-corrected chi connectivity index (χ4v) is 5.01. The highest BCUT2D eigenvalue weighted by atomic mass is 32.2. The molecule has 2 aromatic carbocycles. The molecule has 1 fully saturated rings. The topological polar surface area (TPSA) is 115 Å². The van der Waals surface area contributed by atoms with Crippen molar-refractivity contribution in [1.29, 1.82) is 0 Å². The maximum Gasteiger partial charge on any atom is 0.257 e. The van der Waals surface area contributed by atoms with E-state index in [2.05, 4.69) is 24.0 Å². The smallest absolute Gasteiger partial charge is 0.257 e. The normalized spacial score (nSPS) is 14.4. The van der Waals surface area contributed by atoms with E-state index in [-0.39, 0.29) is 28.8 Å². The van der Waals surface area contributed by atoms with E-state index >= 15 is 0 Å². The molecular formula is C25H30N4O6S. The predicted molar refractivity (Wildman–Crippen MR) is 132 cm³/mol. The molecule has 4 rings (SSSR count). The lowest BCUT2D eigenvalue weighted by atomic mass is 10.0. The molecular weight excluding hydrogens is 484 g/mol. The molecule has 0 aliphatic carbocycles. The fourth-order valence-electron chi connectivity index (χ4n) is 3.86. The van der Waals surface area contributed by atoms with Gasteiger partial charge in [-0.3, -0.25) is 4.79 Å². The van der Waals surface area contributed by atoms with Crippen LogP contribution in [0.25, 0.3) is 11.4 Å². The van der Waals surface area contributed by atoms with Gasteiger partial charge in [-0.2, -0.15) is 9.29 Å². The fraction of sp³-hybridized carbons (Fsp3) is 0.400. The average Bonchev–Trinajstić information content (AvgIpc) is 3.36. The number of carbonyl (C=O) groups is 1. The Morgan fingerprint density at radius 1 is 1.14 bits per heavy atom. The highest BCUT2D eigenvalue weighted by molar-refractivity contribution is 7.89. The molecule has 10 nitrogen and oxygen atoms in total. The lowest BCUT2D eigenvalue weighted by molar-refractivity contribution is 0.0300. The SMILES string of the molecule is COc1ccc(S(=O)(=O)N(C)Cc2nc(-c3ccc(C(C)C)cc3)no2)cc1C(=O)N1CCOCC1. The van der Waals surface area contributed by atoms with Crippen molar-refractivity contribution in [2.75, 3.05) is 40.5 Å². The summed E-state index contributed by atoms with van der Waals surface area (Å²) in [7, 11) is -1.10. The molecule has 36 heavy (non-hydrogen) atoms. The zero-order chi connectivity index (χ0) is 25.9. The molecule has 0 N–H and O–H groups in total. The Kier molecular flexibility index (Phi) is 7.72. The molecule has 1 amide bonds. The van der Waals surface area contributed by atoms with Gasteiger partial charge in [0.25, 0.3) is 5.91 Å². The second-order valence-corrected chi connectivity index (χ2v) is 10.9. The van der Waals surface area contributed by atoms with E-state index in [0.29, 0.717) is 43.8 Å². The number of ether oxygens (including phenoxy) is 2. The maximum atomic E-state index is 13.3. The van der Waals surface area contributed by atoms with E-state index in [9.17, 15) is 13.2 Å². The standard InChI is InChI=1S/C25H30N4O6S/c1-17(2)18-5-7-19(8-6-18)24-26-23(35-27-24)16-28(3)36(31,32)20-9-10-22(33-4)21(15-20)25(30)29-11-13-34-14-12-29/h5-10,15,17H,11-14,16H2,1-4H3. The van der Waals surface area contributed by atoms with Crippen LogP contribution in [0.1, 0.15) is 41.6 Å². The molecule has 192 valence electrons. The van der Waals surface area contributed by atoms with E-state index in [1.54, 1.807) is 4.90 Å². The minimum Gasteiger partial charge on any atom is -0.496 e. The zero-order valence-electron chi connectivity index (χ0n) is 20.8. The van der Waals surface area contributed by atoms with Crippen LogP contribution in [-0.2, 0) is 21.3 Å². The van der Waals surface area contributed by atoms with Crippen LogP contribution < -0.4 is 4.74 Å². The van der Waals surface area contributed by atoms with E-state index in [1.807, 2.05) is 24.3 Å². The number of rotatable bonds is 8. The van der Waals surface area contributed by atoms with Crippen LogP contribution in [0.2, 0.25) is 0 Å². The molecule has 1 aliphatic rings. The molecule has 1 saturated heterocycles. The molecule has 3 aromatic rings. The first-order valence-corrected chi connectivity index (χ1v) is 13.1. The van der Waals surface area contributed by atoms with Gasteiger partial charge in [-0.1, -0.05) is 43.3 Å². The van der Waals surface area contributed by atoms with Gasteiger partial charge in [0.1, 0.15) is 5.75 Å². The Hall–Kier alpha value is -3.28. The van der Waals surface area contributed by atoms with Gasteiger partial charge in [0.15, 0.2) is 0 Å². The minimum atomic E-state index is -3.96. The van der Waals surface area contributed by atoms with Crippen molar-refractivity contribution in [1.82, 2.24) is 19.3 Å². The quantitative estimate of drug-likeness (QED) is 0.450. The molecule has 1 aromatic heterocycles. The Balaban J connectivity index is 1.53. The molecule has 2 heterocycles. The summed E-state index contributed by atoms with van der Waals surface area (Å²) in [5.74, 6) is 0.940. The van der Waals surface area contributed by atoms with Gasteiger partial charge in [0.2, 0.25) is 21.7 Å². The molecule has 0 unspecified atom stereocenters. The lowest BCUT2D eigenvalue weighted by Crippen LogP contribution is -2.40. The summed E-state index contributed by atoms with van der Waals surface area (Å²) in [5.41, 5.74) is 2.15. The Morgan fingerprint density at radius 2 is 1.83 bits per heavy atom. The Bertz CT molecular complexity index is 1310. The van der Waals surface area contributed by atoms with Crippen molar-refractivity contribution >= 4 is 15.9 Å². The first-order chi connectivity index (χ1) is 17.2. The number of sulfonamides is 1. The van der Waals surface area contributed by atoms with Crippen molar-refractivity contribution in [2.45, 2.75) is 31.2 Å². The summed E-state index contributed by atoms with van der Waals surface area (Å²) < 4.78 is 43.7. The third-order valence-electron chi connectivity index (χ3n) is 6.07. The van der Waals surface area contributed by atoms with Crippen LogP contribution in [0.3, 0.4) is 0 Å². The van der Waals surface area contributed by atoms with Crippen LogP contribution in [-0.4, -0.2) is 74.1 Å². The van der Waals surface area contributed by atoms with Crippen molar-refractivity contribution in [3.8, 4) is 17.1 Å². The number of hydrogen-bond acceptors (Lipinski definition) is 8. The molecule has 0 radical (unpaired) electrons. The van der Waals surface area contributed by atoms with Gasteiger partial charge in [0.05, 0.1) is 37.3 Å². The largest absolute Gasteiger partial charge is 0.496 e. The van der Waals surface area contributed by atoms with Gasteiger partial charge in [-0.25, -0.2) is 8.42 Å². The van der Waals surface area contributed by atoms with Crippen LogP contribution in [0.4, 0.5) is 0 Å². The second-order valence-electron chi connectivity index (χ2n) is 8.82. The van der Waals surface area contributed by atoms with Crippen molar-refractivity contribution in [2.24, 2.45) is 0 Å². The third kappa shape index (κ3) is 5.43. The number of benzene rings is 2. The number of amides is 1. The number of carbonyl (C=O) groups excluding carboxylic acids is 1. The molecule has 0 spiro atoms. The van der Waals surface area contributed by atoms with E-state index in [0.717, 1.165) is 9.87 Å². The zero-order valence-corrected chi connectivity index (χ0v) is 21.6. The van der Waals surface area contributed by atoms with Crippen LogP contribution in [0.15, 0.2) is 51.9 Å². The number of aromatic nitrogens is 2. The third-order valence-corrected chi connectivity index (χ3v) is 7.87. The van der Waals surface area contributed by atoms with E-state index in [4.69, 9.17) is 14.0 Å². The minimum absolute atomic E-state index is 0.0357. The molecule has 0 saturated carbocycles. The van der Waals surface area contributed by atoms with Crippen LogP contribution in [0, 0.1) is 0 Å². The number of nitrogens with zero attached hydrogens (tertiary/aromatic N) is 4. The molecule has 1 aliphatic heterocycles. The highest BCUT2D eigenvalue weighted by Crippen LogP contribution is 2.27. The summed E-state index contributed by atoms with van der Waals surface area (Å²) in [6, 6.07) is 12.1. The van der Waals surface area contributed by atoms with E-state index in [1.165, 1.54) is 37.9 Å². The molecule has 0 atom stereocenters. The highest BCUT2D eigenvalue weighted by Gasteiger charge is 2.28. The van der Waals surface area contributed by atoms with Gasteiger partial charge < -0.3 is 18.9 Å². The number of hydrogen-bond donors (Lipinski definition) is 0. The lowest BCUT2D eigenvalue weighted by Gasteiger charge is -2.27. The van der Waals surface area contributed by atoms with Crippen molar-refractivity contribution in [3.05, 3.63) is 59.5 Å². The van der Waals surface area contributed by atoms with Gasteiger partial charge >= 0.3 is 0 Å². The van der Waals surface area contributed by atoms with Crippen LogP contribution >= 0.6 is 0 Å². The van der Waals surface area contributed by atoms with Crippen molar-refractivity contribution < 1.29 is 27.2 Å². The van der Waals surface area contributed by atoms with Gasteiger partial charge in [-0.05, 0) is 29.7 Å². The summed E-state index contributed by atoms with van der Waals surface area (Å²) in [6.07, 6.45) is 0. The van der Waals surface area contributed by atoms with Gasteiger partial charge in [-0.15, -0.1) is 0 Å². The maximum absolute atomic E-state index is 13.3. The Labute approximate surface area is 210 Å². The summed E-state index contributed by atoms with van der Waals surface area (Å²) in [6.45, 7) is 5.82. The first-order valence-electron chi connectivity index (χ1n) is 11.6. The van der Waals surface area contributed by atoms with E-state index < -0.39 is 10.0 Å². The number of methoxy groups -OCH3 is 1. The Morgan fingerprint density at radius 3 is 2.47 bits per heavy atom. The number of morpholine rings is 1. The first kappa shape index (κ1) is 25.8. The molecule has 0 bridgehead atoms. The predicted octanol–water partition coefficient (Wildman–Crippen LogP) is 3.16. The second kappa shape index (κ2) is 10.8. The summed E-state index contributed by atoms with van der Waals surface area (Å²) >= 11 is 0.